The maximum Gasteiger partial charge on any atom is 0.170 e. The van der Waals surface area contributed by atoms with Crippen molar-refractivity contribution in [3.63, 3.8) is 0 Å². The van der Waals surface area contributed by atoms with Gasteiger partial charge in [-0.25, -0.2) is 4.98 Å². The van der Waals surface area contributed by atoms with Crippen LogP contribution < -0.4 is 10.1 Å². The fraction of sp³-hybridized carbons (Fsp3) is 0.250. The molecule has 1 aliphatic rings. The van der Waals surface area contributed by atoms with Gasteiger partial charge in [0.15, 0.2) is 5.11 Å². The molecule has 2 atom stereocenters. The number of ether oxygens (including phenoxy) is 1. The topological polar surface area (TPSA) is 55.2 Å². The summed E-state index contributed by atoms with van der Waals surface area (Å²) in [6.45, 7) is 7.07. The molecule has 1 N–H and O–H groups in total. The molecule has 0 bridgehead atoms. The van der Waals surface area contributed by atoms with Gasteiger partial charge in [-0.3, -0.25) is 4.98 Å². The first-order valence-corrected chi connectivity index (χ1v) is 12.1. The first-order chi connectivity index (χ1) is 17.0. The van der Waals surface area contributed by atoms with Crippen molar-refractivity contribution in [1.29, 1.82) is 0 Å². The van der Waals surface area contributed by atoms with Crippen LogP contribution in [0.2, 0.25) is 0 Å². The van der Waals surface area contributed by atoms with E-state index >= 15 is 0 Å². The van der Waals surface area contributed by atoms with E-state index in [1.54, 1.807) is 7.11 Å². The van der Waals surface area contributed by atoms with Gasteiger partial charge in [-0.2, -0.15) is 0 Å². The molecule has 0 spiro atoms. The minimum Gasteiger partial charge on any atom is -0.497 e. The Hall–Kier alpha value is -3.71. The normalized spacial score (nSPS) is 17.5. The molecular weight excluding hydrogens is 454 g/mol. The molecule has 6 nitrogen and oxygen atoms in total. The van der Waals surface area contributed by atoms with E-state index in [1.807, 2.05) is 42.7 Å². The highest BCUT2D eigenvalue weighted by atomic mass is 32.1. The van der Waals surface area contributed by atoms with E-state index in [0.29, 0.717) is 6.54 Å². The summed E-state index contributed by atoms with van der Waals surface area (Å²) in [5.74, 6) is 1.80. The third kappa shape index (κ3) is 4.28. The number of aromatic nitrogens is 3. The van der Waals surface area contributed by atoms with Gasteiger partial charge in [0, 0.05) is 30.3 Å². The van der Waals surface area contributed by atoms with Crippen molar-refractivity contribution >= 4 is 17.3 Å². The van der Waals surface area contributed by atoms with E-state index in [-0.39, 0.29) is 12.1 Å². The van der Waals surface area contributed by atoms with Crippen molar-refractivity contribution in [3.8, 4) is 11.6 Å². The highest BCUT2D eigenvalue weighted by molar-refractivity contribution is 7.80. The zero-order valence-electron chi connectivity index (χ0n) is 20.4. The summed E-state index contributed by atoms with van der Waals surface area (Å²) in [7, 11) is 1.68. The minimum absolute atomic E-state index is 0.0246. The molecule has 1 aromatic carbocycles. The van der Waals surface area contributed by atoms with Gasteiger partial charge in [-0.05, 0) is 86.1 Å². The largest absolute Gasteiger partial charge is 0.497 e. The van der Waals surface area contributed by atoms with E-state index in [2.05, 4.69) is 75.9 Å². The molecular formula is C28H29N5OS. The lowest BCUT2D eigenvalue weighted by Crippen LogP contribution is -2.29. The standard InChI is InChI=1S/C28H29N5OS/c1-18-8-7-15-30-27(18)33-19(2)16-23(20(33)3)26-25(24-9-5-6-14-29-24)31-28(35)32(26)17-21-10-12-22(34-4)13-11-21/h5-16,25-26H,17H2,1-4H3,(H,31,35)/t25-,26+/m1/s1. The van der Waals surface area contributed by atoms with Crippen LogP contribution in [0.15, 0.2) is 73.1 Å². The van der Waals surface area contributed by atoms with Crippen LogP contribution in [-0.2, 0) is 6.54 Å². The van der Waals surface area contributed by atoms with Gasteiger partial charge in [0.05, 0.1) is 24.9 Å². The van der Waals surface area contributed by atoms with Gasteiger partial charge in [-0.1, -0.05) is 24.3 Å². The van der Waals surface area contributed by atoms with Gasteiger partial charge in [0.25, 0.3) is 0 Å². The number of nitrogens with zero attached hydrogens (tertiary/aromatic N) is 4. The lowest BCUT2D eigenvalue weighted by molar-refractivity contribution is 0.310. The van der Waals surface area contributed by atoms with E-state index in [1.165, 1.54) is 5.56 Å². The van der Waals surface area contributed by atoms with Crippen LogP contribution in [0.4, 0.5) is 0 Å². The molecule has 7 heteroatoms. The number of methoxy groups -OCH3 is 1. The summed E-state index contributed by atoms with van der Waals surface area (Å²) in [4.78, 5) is 11.6. The molecule has 0 amide bonds. The molecule has 3 aromatic heterocycles. The van der Waals surface area contributed by atoms with E-state index < -0.39 is 0 Å². The van der Waals surface area contributed by atoms with E-state index in [4.69, 9.17) is 17.0 Å². The summed E-state index contributed by atoms with van der Waals surface area (Å²) in [6, 6.07) is 20.4. The Morgan fingerprint density at radius 1 is 0.971 bits per heavy atom. The average Bonchev–Trinajstić information content (AvgIpc) is 3.35. The molecule has 1 saturated heterocycles. The van der Waals surface area contributed by atoms with Crippen molar-refractivity contribution in [2.24, 2.45) is 0 Å². The number of rotatable bonds is 6. The summed E-state index contributed by atoms with van der Waals surface area (Å²) >= 11 is 5.88. The van der Waals surface area contributed by atoms with Gasteiger partial charge in [0.2, 0.25) is 0 Å². The second-order valence-electron chi connectivity index (χ2n) is 8.91. The van der Waals surface area contributed by atoms with Crippen molar-refractivity contribution in [3.05, 3.63) is 107 Å². The Bertz CT molecular complexity index is 1350. The monoisotopic (exact) mass is 483 g/mol. The lowest BCUT2D eigenvalue weighted by Gasteiger charge is -2.28. The summed E-state index contributed by atoms with van der Waals surface area (Å²) in [6.07, 6.45) is 3.68. The Labute approximate surface area is 211 Å². The van der Waals surface area contributed by atoms with Crippen LogP contribution >= 0.6 is 12.2 Å². The number of nitrogens with one attached hydrogen (secondary N) is 1. The number of aryl methyl sites for hydroxylation is 2. The predicted octanol–water partition coefficient (Wildman–Crippen LogP) is 5.37. The quantitative estimate of drug-likeness (QED) is 0.372. The second kappa shape index (κ2) is 9.50. The molecule has 0 aliphatic carbocycles. The Morgan fingerprint density at radius 3 is 2.43 bits per heavy atom. The van der Waals surface area contributed by atoms with Crippen molar-refractivity contribution in [1.82, 2.24) is 24.8 Å². The summed E-state index contributed by atoms with van der Waals surface area (Å²) in [5.41, 5.74) is 6.77. The van der Waals surface area contributed by atoms with Crippen molar-refractivity contribution in [2.75, 3.05) is 7.11 Å². The number of benzene rings is 1. The molecule has 35 heavy (non-hydrogen) atoms. The Balaban J connectivity index is 1.60. The zero-order chi connectivity index (χ0) is 24.5. The van der Waals surface area contributed by atoms with Crippen LogP contribution in [0.3, 0.4) is 0 Å². The smallest absolute Gasteiger partial charge is 0.170 e. The first-order valence-electron chi connectivity index (χ1n) is 11.7. The van der Waals surface area contributed by atoms with Crippen LogP contribution in [0.5, 0.6) is 5.75 Å². The third-order valence-electron chi connectivity index (χ3n) is 6.69. The number of pyridine rings is 2. The molecule has 0 radical (unpaired) electrons. The molecule has 1 fully saturated rings. The lowest BCUT2D eigenvalue weighted by atomic mass is 9.96. The fourth-order valence-electron chi connectivity index (χ4n) is 4.97. The number of hydrogen-bond donors (Lipinski definition) is 1. The molecule has 4 heterocycles. The maximum atomic E-state index is 5.88. The second-order valence-corrected chi connectivity index (χ2v) is 9.30. The highest BCUT2D eigenvalue weighted by Crippen LogP contribution is 2.42. The average molecular weight is 484 g/mol. The zero-order valence-corrected chi connectivity index (χ0v) is 21.2. The van der Waals surface area contributed by atoms with Crippen LogP contribution in [0, 0.1) is 20.8 Å². The Morgan fingerprint density at radius 2 is 1.74 bits per heavy atom. The van der Waals surface area contributed by atoms with E-state index in [0.717, 1.165) is 44.9 Å². The van der Waals surface area contributed by atoms with Crippen LogP contribution in [0.25, 0.3) is 5.82 Å². The minimum atomic E-state index is -0.0688. The predicted molar refractivity (Wildman–Crippen MR) is 142 cm³/mol. The van der Waals surface area contributed by atoms with Gasteiger partial charge < -0.3 is 19.5 Å². The summed E-state index contributed by atoms with van der Waals surface area (Å²) in [5, 5.41) is 4.29. The van der Waals surface area contributed by atoms with Gasteiger partial charge in [-0.15, -0.1) is 0 Å². The fourth-order valence-corrected chi connectivity index (χ4v) is 5.27. The summed E-state index contributed by atoms with van der Waals surface area (Å²) < 4.78 is 7.58. The molecule has 4 aromatic rings. The number of thiocarbonyl (C=S) groups is 1. The highest BCUT2D eigenvalue weighted by Gasteiger charge is 2.41. The Kier molecular flexibility index (Phi) is 6.26. The van der Waals surface area contributed by atoms with Crippen molar-refractivity contribution in [2.45, 2.75) is 39.4 Å². The third-order valence-corrected chi connectivity index (χ3v) is 7.04. The van der Waals surface area contributed by atoms with Crippen LogP contribution in [-0.4, -0.2) is 31.7 Å². The number of hydrogen-bond acceptors (Lipinski definition) is 4. The molecule has 5 rings (SSSR count). The van der Waals surface area contributed by atoms with Crippen LogP contribution in [0.1, 0.15) is 45.9 Å². The van der Waals surface area contributed by atoms with Gasteiger partial charge >= 0.3 is 0 Å². The van der Waals surface area contributed by atoms with Crippen molar-refractivity contribution < 1.29 is 4.74 Å². The molecule has 0 saturated carbocycles. The maximum absolute atomic E-state index is 5.88. The SMILES string of the molecule is COc1ccc(CN2C(=S)N[C@H](c3ccccn3)[C@@H]2c2cc(C)n(-c3ncccc3C)c2C)cc1. The molecule has 1 aliphatic heterocycles. The van der Waals surface area contributed by atoms with E-state index in [9.17, 15) is 0 Å². The first kappa shape index (κ1) is 23.1. The molecule has 0 unspecified atom stereocenters. The molecule has 178 valence electrons. The van der Waals surface area contributed by atoms with Gasteiger partial charge in [0.1, 0.15) is 11.6 Å².